The predicted octanol–water partition coefficient (Wildman–Crippen LogP) is 2.21. The van der Waals surface area contributed by atoms with E-state index >= 15 is 0 Å². The van der Waals surface area contributed by atoms with Crippen LogP contribution in [0.3, 0.4) is 0 Å². The molecule has 1 aromatic heterocycles. The highest BCUT2D eigenvalue weighted by molar-refractivity contribution is 6.30. The van der Waals surface area contributed by atoms with Gasteiger partial charge in [-0.2, -0.15) is 0 Å². The van der Waals surface area contributed by atoms with Crippen molar-refractivity contribution in [2.75, 3.05) is 24.5 Å². The summed E-state index contributed by atoms with van der Waals surface area (Å²) in [6, 6.07) is 10.6. The zero-order valence-corrected chi connectivity index (χ0v) is 20.2. The zero-order valence-electron chi connectivity index (χ0n) is 19.4. The average molecular weight is 516 g/mol. The summed E-state index contributed by atoms with van der Waals surface area (Å²) < 4.78 is 13.5. The van der Waals surface area contributed by atoms with Gasteiger partial charge in [-0.25, -0.2) is 4.39 Å². The van der Waals surface area contributed by atoms with Gasteiger partial charge in [-0.3, -0.25) is 14.4 Å². The van der Waals surface area contributed by atoms with E-state index in [0.29, 0.717) is 40.9 Å². The number of rotatable bonds is 9. The van der Waals surface area contributed by atoms with Gasteiger partial charge < -0.3 is 31.4 Å². The zero-order chi connectivity index (χ0) is 25.9. The highest BCUT2D eigenvalue weighted by Crippen LogP contribution is 2.31. The fourth-order valence-electron chi connectivity index (χ4n) is 4.18. The SMILES string of the molecule is NCCCCNC(=O)c1cc2cc(N3CC[C@](O)(C(=O)NCc4cc(F)cc(Cl)c4)C3=O)ccc2[nH]1. The van der Waals surface area contributed by atoms with E-state index in [-0.39, 0.29) is 30.4 Å². The fourth-order valence-corrected chi connectivity index (χ4v) is 4.43. The summed E-state index contributed by atoms with van der Waals surface area (Å²) in [5, 5.41) is 17.1. The summed E-state index contributed by atoms with van der Waals surface area (Å²) in [6.45, 7) is 1.11. The van der Waals surface area contributed by atoms with Gasteiger partial charge in [0.2, 0.25) is 5.60 Å². The number of H-pyrrole nitrogens is 1. The molecule has 0 aliphatic carbocycles. The molecular formula is C25H27ClFN5O4. The van der Waals surface area contributed by atoms with Crippen LogP contribution < -0.4 is 21.3 Å². The van der Waals surface area contributed by atoms with Crippen molar-refractivity contribution in [2.45, 2.75) is 31.4 Å². The first kappa shape index (κ1) is 25.6. The van der Waals surface area contributed by atoms with E-state index in [4.69, 9.17) is 17.3 Å². The van der Waals surface area contributed by atoms with Crippen LogP contribution >= 0.6 is 11.6 Å². The Hall–Kier alpha value is -3.47. The first-order chi connectivity index (χ1) is 17.2. The Labute approximate surface area is 211 Å². The number of carbonyl (C=O) groups is 3. The van der Waals surface area contributed by atoms with Crippen LogP contribution in [-0.4, -0.2) is 53.0 Å². The lowest BCUT2D eigenvalue weighted by molar-refractivity contribution is -0.149. The molecule has 3 aromatic rings. The summed E-state index contributed by atoms with van der Waals surface area (Å²) in [4.78, 5) is 42.6. The molecule has 4 rings (SSSR count). The van der Waals surface area contributed by atoms with Crippen LogP contribution in [0.15, 0.2) is 42.5 Å². The number of hydrogen-bond donors (Lipinski definition) is 5. The van der Waals surface area contributed by atoms with Crippen molar-refractivity contribution in [2.24, 2.45) is 5.73 Å². The third kappa shape index (κ3) is 5.35. The number of anilines is 1. The molecule has 1 aliphatic rings. The van der Waals surface area contributed by atoms with Gasteiger partial charge in [0.1, 0.15) is 11.5 Å². The van der Waals surface area contributed by atoms with Crippen molar-refractivity contribution in [3.8, 4) is 0 Å². The fraction of sp³-hybridized carbons (Fsp3) is 0.320. The minimum absolute atomic E-state index is 0.0989. The Morgan fingerprint density at radius 1 is 1.17 bits per heavy atom. The number of hydrogen-bond acceptors (Lipinski definition) is 5. The number of nitrogens with zero attached hydrogens (tertiary/aromatic N) is 1. The van der Waals surface area contributed by atoms with Gasteiger partial charge in [0, 0.05) is 47.7 Å². The second kappa shape index (κ2) is 10.7. The number of aromatic nitrogens is 1. The Morgan fingerprint density at radius 2 is 1.97 bits per heavy atom. The van der Waals surface area contributed by atoms with Crippen molar-refractivity contribution < 1.29 is 23.9 Å². The largest absolute Gasteiger partial charge is 0.372 e. The van der Waals surface area contributed by atoms with Crippen LogP contribution in [0.1, 0.15) is 35.3 Å². The summed E-state index contributed by atoms with van der Waals surface area (Å²) >= 11 is 5.83. The molecule has 0 saturated carbocycles. The molecule has 190 valence electrons. The Bertz CT molecular complexity index is 1290. The molecule has 3 amide bonds. The number of carbonyl (C=O) groups excluding carboxylic acids is 3. The molecule has 0 spiro atoms. The number of fused-ring (bicyclic) bond motifs is 1. The number of aliphatic hydroxyl groups is 1. The molecule has 9 nitrogen and oxygen atoms in total. The van der Waals surface area contributed by atoms with Crippen molar-refractivity contribution in [3.05, 3.63) is 64.6 Å². The number of amides is 3. The molecule has 1 aliphatic heterocycles. The van der Waals surface area contributed by atoms with E-state index in [1.54, 1.807) is 24.3 Å². The van der Waals surface area contributed by atoms with E-state index in [1.165, 1.54) is 17.0 Å². The van der Waals surface area contributed by atoms with Crippen LogP contribution in [0, 0.1) is 5.82 Å². The minimum atomic E-state index is -2.25. The summed E-state index contributed by atoms with van der Waals surface area (Å²) in [6.07, 6.45) is 1.50. The summed E-state index contributed by atoms with van der Waals surface area (Å²) in [5.41, 5.74) is 5.19. The third-order valence-corrected chi connectivity index (χ3v) is 6.34. The Morgan fingerprint density at radius 3 is 2.72 bits per heavy atom. The smallest absolute Gasteiger partial charge is 0.268 e. The van der Waals surface area contributed by atoms with Crippen LogP contribution in [0.4, 0.5) is 10.1 Å². The molecular weight excluding hydrogens is 489 g/mol. The van der Waals surface area contributed by atoms with Crippen LogP contribution in [0.25, 0.3) is 10.9 Å². The van der Waals surface area contributed by atoms with Gasteiger partial charge in [-0.1, -0.05) is 11.6 Å². The summed E-state index contributed by atoms with van der Waals surface area (Å²) in [7, 11) is 0. The second-order valence-electron chi connectivity index (χ2n) is 8.73. The van der Waals surface area contributed by atoms with Crippen molar-refractivity contribution in [1.82, 2.24) is 15.6 Å². The molecule has 6 N–H and O–H groups in total. The molecule has 2 aromatic carbocycles. The topological polar surface area (TPSA) is 141 Å². The molecule has 1 atom stereocenters. The van der Waals surface area contributed by atoms with Gasteiger partial charge in [-0.15, -0.1) is 0 Å². The maximum Gasteiger partial charge on any atom is 0.268 e. The van der Waals surface area contributed by atoms with Gasteiger partial charge in [-0.05, 0) is 67.4 Å². The van der Waals surface area contributed by atoms with Crippen LogP contribution in [0.5, 0.6) is 0 Å². The van der Waals surface area contributed by atoms with Crippen LogP contribution in [-0.2, 0) is 16.1 Å². The first-order valence-corrected chi connectivity index (χ1v) is 12.0. The third-order valence-electron chi connectivity index (χ3n) is 6.12. The Kier molecular flexibility index (Phi) is 7.58. The van der Waals surface area contributed by atoms with E-state index in [1.807, 2.05) is 0 Å². The molecule has 0 unspecified atom stereocenters. The number of aromatic amines is 1. The standard InChI is InChI=1S/C25H27ClFN5O4/c26-17-9-15(10-18(27)13-17)14-30-23(34)25(36)5-8-32(24(25)35)19-3-4-20-16(11-19)12-21(31-20)22(33)29-7-2-1-6-28/h3-4,9-13,31,36H,1-2,5-8,14,28H2,(H,29,33)(H,30,34)/t25-/m0/s1. The minimum Gasteiger partial charge on any atom is -0.372 e. The number of unbranched alkanes of at least 4 members (excludes halogenated alkanes) is 1. The highest BCUT2D eigenvalue weighted by atomic mass is 35.5. The van der Waals surface area contributed by atoms with Gasteiger partial charge in [0.15, 0.2) is 0 Å². The number of nitrogens with one attached hydrogen (secondary N) is 3. The highest BCUT2D eigenvalue weighted by Gasteiger charge is 2.51. The van der Waals surface area contributed by atoms with Gasteiger partial charge in [0.25, 0.3) is 17.7 Å². The van der Waals surface area contributed by atoms with Crippen LogP contribution in [0.2, 0.25) is 5.02 Å². The van der Waals surface area contributed by atoms with Crippen molar-refractivity contribution >= 4 is 45.9 Å². The molecule has 1 fully saturated rings. The molecule has 1 saturated heterocycles. The normalized spacial score (nSPS) is 17.6. The lowest BCUT2D eigenvalue weighted by atomic mass is 10.0. The first-order valence-electron chi connectivity index (χ1n) is 11.6. The van der Waals surface area contributed by atoms with E-state index in [0.717, 1.165) is 18.9 Å². The lowest BCUT2D eigenvalue weighted by Crippen LogP contribution is -2.52. The molecule has 0 radical (unpaired) electrons. The maximum absolute atomic E-state index is 13.5. The summed E-state index contributed by atoms with van der Waals surface area (Å²) in [5.74, 6) is -2.43. The van der Waals surface area contributed by atoms with Crippen molar-refractivity contribution in [3.63, 3.8) is 0 Å². The number of benzene rings is 2. The molecule has 11 heteroatoms. The predicted molar refractivity (Wildman–Crippen MR) is 134 cm³/mol. The number of halogens is 2. The second-order valence-corrected chi connectivity index (χ2v) is 9.17. The molecule has 0 bridgehead atoms. The lowest BCUT2D eigenvalue weighted by Gasteiger charge is -2.22. The average Bonchev–Trinajstić information content (AvgIpc) is 3.40. The monoisotopic (exact) mass is 515 g/mol. The molecule has 2 heterocycles. The molecule has 36 heavy (non-hydrogen) atoms. The quantitative estimate of drug-likeness (QED) is 0.219. The van der Waals surface area contributed by atoms with Gasteiger partial charge in [0.05, 0.1) is 0 Å². The van der Waals surface area contributed by atoms with E-state index < -0.39 is 23.2 Å². The Balaban J connectivity index is 1.43. The van der Waals surface area contributed by atoms with Gasteiger partial charge >= 0.3 is 0 Å². The maximum atomic E-state index is 13.5. The van der Waals surface area contributed by atoms with Crippen molar-refractivity contribution in [1.29, 1.82) is 0 Å². The van der Waals surface area contributed by atoms with E-state index in [9.17, 15) is 23.9 Å². The number of nitrogens with two attached hydrogens (primary N) is 1. The van der Waals surface area contributed by atoms with E-state index in [2.05, 4.69) is 15.6 Å².